The minimum absolute atomic E-state index is 0.177. The van der Waals surface area contributed by atoms with Gasteiger partial charge in [-0.1, -0.05) is 0 Å². The monoisotopic (exact) mass is 233 g/mol. The number of aromatic nitrogens is 1. The number of ether oxygens (including phenoxy) is 1. The number of benzene rings is 1. The van der Waals surface area contributed by atoms with Crippen LogP contribution < -0.4 is 15.8 Å². The van der Waals surface area contributed by atoms with Gasteiger partial charge in [-0.15, -0.1) is 0 Å². The summed E-state index contributed by atoms with van der Waals surface area (Å²) in [6.45, 7) is 0.771. The zero-order valence-corrected chi connectivity index (χ0v) is 9.62. The van der Waals surface area contributed by atoms with Crippen molar-refractivity contribution < 1.29 is 9.53 Å². The lowest BCUT2D eigenvalue weighted by atomic mass is 10.1. The largest absolute Gasteiger partial charge is 0.497 e. The first kappa shape index (κ1) is 11.5. The minimum atomic E-state index is -0.359. The Morgan fingerprint density at radius 2 is 2.35 bits per heavy atom. The van der Waals surface area contributed by atoms with Gasteiger partial charge in [-0.25, -0.2) is 0 Å². The van der Waals surface area contributed by atoms with Crippen molar-refractivity contribution in [3.05, 3.63) is 30.0 Å². The second kappa shape index (κ2) is 4.88. The molecule has 0 fully saturated rings. The third-order valence-corrected chi connectivity index (χ3v) is 2.59. The van der Waals surface area contributed by atoms with Gasteiger partial charge in [0.05, 0.1) is 13.7 Å². The number of nitrogens with two attached hydrogens (primary N) is 1. The minimum Gasteiger partial charge on any atom is -0.497 e. The molecule has 4 N–H and O–H groups in total. The van der Waals surface area contributed by atoms with E-state index >= 15 is 0 Å². The summed E-state index contributed by atoms with van der Waals surface area (Å²) in [7, 11) is 1.64. The molecule has 5 heteroatoms. The number of hydrogen-bond acceptors (Lipinski definition) is 3. The summed E-state index contributed by atoms with van der Waals surface area (Å²) in [4.78, 5) is 13.8. The third-order valence-electron chi connectivity index (χ3n) is 2.59. The molecule has 2 rings (SSSR count). The predicted molar refractivity (Wildman–Crippen MR) is 65.8 cm³/mol. The van der Waals surface area contributed by atoms with Crippen LogP contribution in [0.4, 0.5) is 0 Å². The van der Waals surface area contributed by atoms with Crippen LogP contribution in [0.5, 0.6) is 5.75 Å². The second-order valence-electron chi connectivity index (χ2n) is 3.80. The summed E-state index contributed by atoms with van der Waals surface area (Å²) >= 11 is 0. The lowest BCUT2D eigenvalue weighted by Gasteiger charge is -2.02. The molecule has 1 aromatic heterocycles. The standard InChI is InChI=1S/C12H15N3O2/c1-17-9-2-3-11-10(4-9)8(6-15-11)5-14-7-12(13)16/h2-4,6,14-15H,5,7H2,1H3,(H2,13,16). The van der Waals surface area contributed by atoms with Gasteiger partial charge < -0.3 is 20.8 Å². The molecule has 0 saturated carbocycles. The highest BCUT2D eigenvalue weighted by Crippen LogP contribution is 2.23. The third kappa shape index (κ3) is 2.57. The Morgan fingerprint density at radius 1 is 1.53 bits per heavy atom. The molecule has 0 spiro atoms. The van der Waals surface area contributed by atoms with Crippen LogP contribution in [0, 0.1) is 0 Å². The van der Waals surface area contributed by atoms with E-state index in [1.807, 2.05) is 24.4 Å². The van der Waals surface area contributed by atoms with Crippen molar-refractivity contribution in [3.8, 4) is 5.75 Å². The van der Waals surface area contributed by atoms with Crippen LogP contribution >= 0.6 is 0 Å². The molecule has 0 unspecified atom stereocenters. The van der Waals surface area contributed by atoms with Gasteiger partial charge >= 0.3 is 0 Å². The molecule has 1 heterocycles. The highest BCUT2D eigenvalue weighted by atomic mass is 16.5. The maximum Gasteiger partial charge on any atom is 0.231 e. The number of carbonyl (C=O) groups is 1. The number of amides is 1. The molecule has 2 aromatic rings. The summed E-state index contributed by atoms with van der Waals surface area (Å²) in [5, 5.41) is 4.07. The molecule has 1 amide bonds. The SMILES string of the molecule is COc1ccc2[nH]cc(CNCC(N)=O)c2c1. The normalized spacial score (nSPS) is 10.6. The van der Waals surface area contributed by atoms with Crippen LogP contribution in [0.15, 0.2) is 24.4 Å². The average molecular weight is 233 g/mol. The van der Waals surface area contributed by atoms with E-state index in [-0.39, 0.29) is 12.5 Å². The number of nitrogens with one attached hydrogen (secondary N) is 2. The van der Waals surface area contributed by atoms with E-state index in [4.69, 9.17) is 10.5 Å². The summed E-state index contributed by atoms with van der Waals surface area (Å²) in [6.07, 6.45) is 1.91. The zero-order chi connectivity index (χ0) is 12.3. The molecule has 0 radical (unpaired) electrons. The van der Waals surface area contributed by atoms with E-state index in [0.29, 0.717) is 6.54 Å². The van der Waals surface area contributed by atoms with Crippen LogP contribution in [-0.2, 0) is 11.3 Å². The summed E-state index contributed by atoms with van der Waals surface area (Å²) < 4.78 is 5.18. The zero-order valence-electron chi connectivity index (χ0n) is 9.62. The Morgan fingerprint density at radius 3 is 3.06 bits per heavy atom. The number of rotatable bonds is 5. The Kier molecular flexibility index (Phi) is 3.30. The van der Waals surface area contributed by atoms with Crippen LogP contribution in [0.1, 0.15) is 5.56 Å². The van der Waals surface area contributed by atoms with Gasteiger partial charge in [-0.3, -0.25) is 4.79 Å². The average Bonchev–Trinajstić information content (AvgIpc) is 2.71. The van der Waals surface area contributed by atoms with E-state index < -0.39 is 0 Å². The van der Waals surface area contributed by atoms with Crippen molar-refractivity contribution in [1.29, 1.82) is 0 Å². The predicted octanol–water partition coefficient (Wildman–Crippen LogP) is 0.751. The molecule has 0 atom stereocenters. The molecule has 0 aliphatic heterocycles. The Hall–Kier alpha value is -2.01. The van der Waals surface area contributed by atoms with Gasteiger partial charge in [0, 0.05) is 23.6 Å². The fourth-order valence-electron chi connectivity index (χ4n) is 1.75. The lowest BCUT2D eigenvalue weighted by molar-refractivity contribution is -0.117. The maximum absolute atomic E-state index is 10.6. The van der Waals surface area contributed by atoms with Crippen LogP contribution in [-0.4, -0.2) is 24.5 Å². The maximum atomic E-state index is 10.6. The fourth-order valence-corrected chi connectivity index (χ4v) is 1.75. The Bertz CT molecular complexity index is 534. The molecular formula is C12H15N3O2. The molecule has 0 bridgehead atoms. The van der Waals surface area contributed by atoms with Crippen LogP contribution in [0.25, 0.3) is 10.9 Å². The van der Waals surface area contributed by atoms with Gasteiger partial charge in [0.2, 0.25) is 5.91 Å². The highest BCUT2D eigenvalue weighted by molar-refractivity contribution is 5.84. The van der Waals surface area contributed by atoms with Gasteiger partial charge in [-0.05, 0) is 23.8 Å². The van der Waals surface area contributed by atoms with Gasteiger partial charge in [0.15, 0.2) is 0 Å². The highest BCUT2D eigenvalue weighted by Gasteiger charge is 2.05. The molecule has 5 nitrogen and oxygen atoms in total. The van der Waals surface area contributed by atoms with E-state index in [9.17, 15) is 4.79 Å². The number of H-pyrrole nitrogens is 1. The van der Waals surface area contributed by atoms with Crippen molar-refractivity contribution in [3.63, 3.8) is 0 Å². The van der Waals surface area contributed by atoms with Gasteiger partial charge in [0.25, 0.3) is 0 Å². The summed E-state index contributed by atoms with van der Waals surface area (Å²) in [6, 6.07) is 5.83. The molecule has 1 aromatic carbocycles. The van der Waals surface area contributed by atoms with Crippen LogP contribution in [0.2, 0.25) is 0 Å². The fraction of sp³-hybridized carbons (Fsp3) is 0.250. The number of primary amides is 1. The first-order valence-electron chi connectivity index (χ1n) is 5.33. The van der Waals surface area contributed by atoms with E-state index in [0.717, 1.165) is 22.2 Å². The van der Waals surface area contributed by atoms with E-state index in [1.165, 1.54) is 0 Å². The number of hydrogen-bond donors (Lipinski definition) is 3. The van der Waals surface area contributed by atoms with E-state index in [2.05, 4.69) is 10.3 Å². The topological polar surface area (TPSA) is 80.1 Å². The summed E-state index contributed by atoms with van der Waals surface area (Å²) in [5.74, 6) is 0.454. The van der Waals surface area contributed by atoms with Crippen molar-refractivity contribution >= 4 is 16.8 Å². The lowest BCUT2D eigenvalue weighted by Crippen LogP contribution is -2.27. The van der Waals surface area contributed by atoms with Crippen molar-refractivity contribution in [2.45, 2.75) is 6.54 Å². The molecular weight excluding hydrogens is 218 g/mol. The van der Waals surface area contributed by atoms with Crippen molar-refractivity contribution in [2.24, 2.45) is 5.73 Å². The molecule has 0 saturated heterocycles. The van der Waals surface area contributed by atoms with E-state index in [1.54, 1.807) is 7.11 Å². The van der Waals surface area contributed by atoms with Crippen molar-refractivity contribution in [2.75, 3.05) is 13.7 Å². The summed E-state index contributed by atoms with van der Waals surface area (Å²) in [5.41, 5.74) is 7.19. The molecule has 17 heavy (non-hydrogen) atoms. The Labute approximate surface area is 98.9 Å². The Balaban J connectivity index is 2.19. The molecule has 0 aliphatic rings. The smallest absolute Gasteiger partial charge is 0.231 e. The van der Waals surface area contributed by atoms with Gasteiger partial charge in [-0.2, -0.15) is 0 Å². The van der Waals surface area contributed by atoms with Crippen molar-refractivity contribution in [1.82, 2.24) is 10.3 Å². The first-order valence-corrected chi connectivity index (χ1v) is 5.33. The number of aromatic amines is 1. The first-order chi connectivity index (χ1) is 8.20. The van der Waals surface area contributed by atoms with Gasteiger partial charge in [0.1, 0.15) is 5.75 Å². The number of carbonyl (C=O) groups excluding carboxylic acids is 1. The quantitative estimate of drug-likeness (QED) is 0.713. The molecule has 0 aliphatic carbocycles. The second-order valence-corrected chi connectivity index (χ2v) is 3.80. The molecule has 90 valence electrons. The number of methoxy groups -OCH3 is 1. The number of fused-ring (bicyclic) bond motifs is 1. The van der Waals surface area contributed by atoms with Crippen LogP contribution in [0.3, 0.4) is 0 Å².